The van der Waals surface area contributed by atoms with Gasteiger partial charge in [-0.15, -0.1) is 0 Å². The molecule has 3 heterocycles. The van der Waals surface area contributed by atoms with Crippen molar-refractivity contribution in [2.75, 3.05) is 5.32 Å². The molecular weight excluding hydrogens is 416 g/mol. The van der Waals surface area contributed by atoms with E-state index in [1.54, 1.807) is 23.9 Å². The average Bonchev–Trinajstić information content (AvgIpc) is 3.37. The molecule has 0 bridgehead atoms. The topological polar surface area (TPSA) is 90.5 Å². The van der Waals surface area contributed by atoms with Gasteiger partial charge in [0.05, 0.1) is 28.5 Å². The lowest BCUT2D eigenvalue weighted by Gasteiger charge is -2.09. The van der Waals surface area contributed by atoms with Gasteiger partial charge in [-0.05, 0) is 31.2 Å². The van der Waals surface area contributed by atoms with Crippen molar-refractivity contribution in [2.24, 2.45) is 0 Å². The number of benzene rings is 2. The maximum atomic E-state index is 14.0. The number of carbonyl (C=O) groups is 1. The fourth-order valence-electron chi connectivity index (χ4n) is 3.37. The number of carbonyl (C=O) groups excluding carboxylic acids is 1. The highest BCUT2D eigenvalue weighted by Crippen LogP contribution is 2.24. The molecule has 0 fully saturated rings. The third kappa shape index (κ3) is 3.37. The number of rotatable bonds is 4. The Morgan fingerprint density at radius 3 is 2.59 bits per heavy atom. The molecular formula is C22H15F2N7O. The van der Waals surface area contributed by atoms with E-state index in [9.17, 15) is 13.6 Å². The Morgan fingerprint density at radius 1 is 1.00 bits per heavy atom. The maximum absolute atomic E-state index is 14.0. The smallest absolute Gasteiger partial charge is 0.259 e. The molecule has 0 aliphatic carbocycles. The van der Waals surface area contributed by atoms with Gasteiger partial charge in [0.15, 0.2) is 11.5 Å². The van der Waals surface area contributed by atoms with Crippen molar-refractivity contribution in [1.82, 2.24) is 29.5 Å². The number of aryl methyl sites for hydroxylation is 1. The van der Waals surface area contributed by atoms with Crippen molar-refractivity contribution in [1.29, 1.82) is 0 Å². The first-order valence-corrected chi connectivity index (χ1v) is 9.59. The van der Waals surface area contributed by atoms with Crippen LogP contribution in [-0.2, 0) is 0 Å². The predicted octanol–water partition coefficient (Wildman–Crippen LogP) is 3.84. The molecule has 0 unspecified atom stereocenters. The second-order valence-corrected chi connectivity index (χ2v) is 6.99. The average molecular weight is 431 g/mol. The zero-order valence-corrected chi connectivity index (χ0v) is 16.7. The monoisotopic (exact) mass is 431 g/mol. The van der Waals surface area contributed by atoms with Crippen molar-refractivity contribution < 1.29 is 13.6 Å². The van der Waals surface area contributed by atoms with Crippen LogP contribution in [0.3, 0.4) is 0 Å². The van der Waals surface area contributed by atoms with E-state index < -0.39 is 17.5 Å². The van der Waals surface area contributed by atoms with E-state index in [0.29, 0.717) is 28.6 Å². The first-order valence-electron chi connectivity index (χ1n) is 9.59. The van der Waals surface area contributed by atoms with Crippen LogP contribution in [0.5, 0.6) is 0 Å². The van der Waals surface area contributed by atoms with Crippen molar-refractivity contribution in [3.05, 3.63) is 90.0 Å². The van der Waals surface area contributed by atoms with Crippen molar-refractivity contribution in [3.8, 4) is 11.5 Å². The fourth-order valence-corrected chi connectivity index (χ4v) is 3.37. The van der Waals surface area contributed by atoms with Crippen LogP contribution in [0.15, 0.2) is 67.1 Å². The van der Waals surface area contributed by atoms with Gasteiger partial charge in [-0.3, -0.25) is 4.79 Å². The van der Waals surface area contributed by atoms with Crippen LogP contribution >= 0.6 is 0 Å². The quantitative estimate of drug-likeness (QED) is 0.467. The Morgan fingerprint density at radius 2 is 1.81 bits per heavy atom. The fraction of sp³-hybridized carbons (Fsp3) is 0.0455. The van der Waals surface area contributed by atoms with Crippen LogP contribution in [0.2, 0.25) is 0 Å². The number of hydrogen-bond acceptors (Lipinski definition) is 5. The minimum absolute atomic E-state index is 0.267. The van der Waals surface area contributed by atoms with Gasteiger partial charge in [0.1, 0.15) is 23.8 Å². The summed E-state index contributed by atoms with van der Waals surface area (Å²) in [4.78, 5) is 21.3. The highest BCUT2D eigenvalue weighted by Gasteiger charge is 2.19. The molecule has 0 aliphatic rings. The molecule has 5 rings (SSSR count). The molecule has 0 saturated carbocycles. The van der Waals surface area contributed by atoms with E-state index in [-0.39, 0.29) is 11.4 Å². The van der Waals surface area contributed by atoms with Gasteiger partial charge in [0.2, 0.25) is 0 Å². The standard InChI is InChI=1S/C22H15F2N7O/c1-13-9-19(28-22(32)16-8-7-14(23)10-18(16)24)31(29-13)21-17-11-27-30(20(17)25-12-26-21)15-5-3-2-4-6-15/h2-12H,1H3,(H,28,32). The van der Waals surface area contributed by atoms with Gasteiger partial charge in [-0.2, -0.15) is 14.9 Å². The lowest BCUT2D eigenvalue weighted by molar-refractivity contribution is 0.102. The summed E-state index contributed by atoms with van der Waals surface area (Å²) in [6, 6.07) is 13.9. The third-order valence-electron chi connectivity index (χ3n) is 4.80. The Bertz CT molecular complexity index is 1460. The lowest BCUT2D eigenvalue weighted by Crippen LogP contribution is -2.17. The number of hydrogen-bond donors (Lipinski definition) is 1. The van der Waals surface area contributed by atoms with Gasteiger partial charge < -0.3 is 5.32 Å². The Labute approximate surface area is 180 Å². The van der Waals surface area contributed by atoms with Crippen LogP contribution in [0.1, 0.15) is 16.1 Å². The van der Waals surface area contributed by atoms with Crippen molar-refractivity contribution in [3.63, 3.8) is 0 Å². The van der Waals surface area contributed by atoms with E-state index in [4.69, 9.17) is 0 Å². The molecule has 32 heavy (non-hydrogen) atoms. The number of para-hydroxylation sites is 1. The Balaban J connectivity index is 1.57. The van der Waals surface area contributed by atoms with Crippen LogP contribution < -0.4 is 5.32 Å². The Kier molecular flexibility index (Phi) is 4.66. The molecule has 0 atom stereocenters. The normalized spacial score (nSPS) is 11.1. The first kappa shape index (κ1) is 19.5. The highest BCUT2D eigenvalue weighted by atomic mass is 19.1. The summed E-state index contributed by atoms with van der Waals surface area (Å²) in [5.74, 6) is -1.81. The molecule has 5 aromatic rings. The second kappa shape index (κ2) is 7.65. The zero-order valence-electron chi connectivity index (χ0n) is 16.7. The van der Waals surface area contributed by atoms with Crippen molar-refractivity contribution >= 4 is 22.8 Å². The molecule has 10 heteroatoms. The molecule has 3 aromatic heterocycles. The number of anilines is 1. The second-order valence-electron chi connectivity index (χ2n) is 6.99. The Hall–Kier alpha value is -4.47. The van der Waals surface area contributed by atoms with Gasteiger partial charge >= 0.3 is 0 Å². The number of aromatic nitrogens is 6. The summed E-state index contributed by atoms with van der Waals surface area (Å²) < 4.78 is 30.3. The molecule has 1 N–H and O–H groups in total. The lowest BCUT2D eigenvalue weighted by atomic mass is 10.2. The van der Waals surface area contributed by atoms with Gasteiger partial charge in [0, 0.05) is 12.1 Å². The largest absolute Gasteiger partial charge is 0.306 e. The van der Waals surface area contributed by atoms with E-state index in [2.05, 4.69) is 25.5 Å². The highest BCUT2D eigenvalue weighted by molar-refractivity contribution is 6.04. The van der Waals surface area contributed by atoms with E-state index in [1.807, 2.05) is 30.3 Å². The molecule has 0 aliphatic heterocycles. The number of amides is 1. The summed E-state index contributed by atoms with van der Waals surface area (Å²) in [5.41, 5.74) is 1.68. The number of halogens is 2. The number of nitrogens with one attached hydrogen (secondary N) is 1. The zero-order chi connectivity index (χ0) is 22.2. The SMILES string of the molecule is Cc1cc(NC(=O)c2ccc(F)cc2F)n(-c2ncnc3c2cnn3-c2ccccc2)n1. The van der Waals surface area contributed by atoms with E-state index in [0.717, 1.165) is 17.8 Å². The molecule has 8 nitrogen and oxygen atoms in total. The minimum Gasteiger partial charge on any atom is -0.306 e. The van der Waals surface area contributed by atoms with Gasteiger partial charge in [-0.25, -0.2) is 23.4 Å². The molecule has 2 aromatic carbocycles. The van der Waals surface area contributed by atoms with Crippen LogP contribution in [-0.4, -0.2) is 35.4 Å². The summed E-state index contributed by atoms with van der Waals surface area (Å²) in [5, 5.41) is 12.1. The number of nitrogens with zero attached hydrogens (tertiary/aromatic N) is 6. The molecule has 158 valence electrons. The summed E-state index contributed by atoms with van der Waals surface area (Å²) >= 11 is 0. The summed E-state index contributed by atoms with van der Waals surface area (Å²) in [7, 11) is 0. The van der Waals surface area contributed by atoms with E-state index >= 15 is 0 Å². The van der Waals surface area contributed by atoms with Gasteiger partial charge in [-0.1, -0.05) is 18.2 Å². The maximum Gasteiger partial charge on any atom is 0.259 e. The number of fused-ring (bicyclic) bond motifs is 1. The third-order valence-corrected chi connectivity index (χ3v) is 4.80. The van der Waals surface area contributed by atoms with Crippen LogP contribution in [0.4, 0.5) is 14.6 Å². The molecule has 0 saturated heterocycles. The van der Waals surface area contributed by atoms with Crippen LogP contribution in [0, 0.1) is 18.6 Å². The van der Waals surface area contributed by atoms with Gasteiger partial charge in [0.25, 0.3) is 5.91 Å². The minimum atomic E-state index is -0.959. The molecule has 1 amide bonds. The predicted molar refractivity (Wildman–Crippen MR) is 113 cm³/mol. The molecule has 0 radical (unpaired) electrons. The first-order chi connectivity index (χ1) is 15.5. The summed E-state index contributed by atoms with van der Waals surface area (Å²) in [6.45, 7) is 1.75. The van der Waals surface area contributed by atoms with Crippen molar-refractivity contribution in [2.45, 2.75) is 6.92 Å². The van der Waals surface area contributed by atoms with E-state index in [1.165, 1.54) is 11.0 Å². The summed E-state index contributed by atoms with van der Waals surface area (Å²) in [6.07, 6.45) is 2.99. The molecule has 0 spiro atoms. The van der Waals surface area contributed by atoms with Crippen LogP contribution in [0.25, 0.3) is 22.5 Å².